The number of rotatable bonds is 1. The number of hydrogen-bond acceptors (Lipinski definition) is 4. The topological polar surface area (TPSA) is 38.2 Å². The van der Waals surface area contributed by atoms with E-state index in [1.54, 1.807) is 0 Å². The van der Waals surface area contributed by atoms with E-state index in [9.17, 15) is 0 Å². The quantitative estimate of drug-likeness (QED) is 0.766. The summed E-state index contributed by atoms with van der Waals surface area (Å²) >= 11 is 0. The van der Waals surface area contributed by atoms with Crippen molar-refractivity contribution in [3.05, 3.63) is 17.6 Å². The van der Waals surface area contributed by atoms with Crippen LogP contribution >= 0.6 is 0 Å². The van der Waals surface area contributed by atoms with Crippen molar-refractivity contribution < 1.29 is 4.74 Å². The van der Waals surface area contributed by atoms with Gasteiger partial charge >= 0.3 is 0 Å². The molecule has 0 radical (unpaired) electrons. The molecule has 4 nitrogen and oxygen atoms in total. The standard InChI is InChI=1S/C14H23N3O/c1-10-7-12(16-11(2)15-10)17-8-13(3,4)18-14(5,6)9-17/h7H,8-9H2,1-6H3. The first-order chi connectivity index (χ1) is 8.17. The maximum Gasteiger partial charge on any atom is 0.132 e. The van der Waals surface area contributed by atoms with Crippen LogP contribution < -0.4 is 4.90 Å². The van der Waals surface area contributed by atoms with Crippen molar-refractivity contribution in [2.75, 3.05) is 18.0 Å². The Balaban J connectivity index is 2.32. The van der Waals surface area contributed by atoms with Crippen LogP contribution in [0, 0.1) is 13.8 Å². The second kappa shape index (κ2) is 4.19. The average Bonchev–Trinajstić information content (AvgIpc) is 2.10. The van der Waals surface area contributed by atoms with Crippen LogP contribution in [0.4, 0.5) is 5.82 Å². The van der Waals surface area contributed by atoms with Gasteiger partial charge in [0.15, 0.2) is 0 Å². The molecule has 1 fully saturated rings. The zero-order chi connectivity index (χ0) is 13.6. The van der Waals surface area contributed by atoms with E-state index in [4.69, 9.17) is 4.74 Å². The molecule has 0 spiro atoms. The minimum absolute atomic E-state index is 0.158. The SMILES string of the molecule is Cc1cc(N2CC(C)(C)OC(C)(C)C2)nc(C)n1. The second-order valence-corrected chi connectivity index (χ2v) is 6.39. The summed E-state index contributed by atoms with van der Waals surface area (Å²) in [6, 6.07) is 2.05. The first-order valence-electron chi connectivity index (χ1n) is 6.44. The normalized spacial score (nSPS) is 22.0. The van der Waals surface area contributed by atoms with Crippen molar-refractivity contribution in [3.8, 4) is 0 Å². The number of aromatic nitrogens is 2. The number of hydrogen-bond donors (Lipinski definition) is 0. The van der Waals surface area contributed by atoms with E-state index in [0.29, 0.717) is 0 Å². The van der Waals surface area contributed by atoms with Gasteiger partial charge in [-0.3, -0.25) is 0 Å². The van der Waals surface area contributed by atoms with Crippen LogP contribution in [0.25, 0.3) is 0 Å². The molecular formula is C14H23N3O. The summed E-state index contributed by atoms with van der Waals surface area (Å²) in [5.41, 5.74) is 0.697. The Morgan fingerprint density at radius 1 is 1.06 bits per heavy atom. The zero-order valence-corrected chi connectivity index (χ0v) is 12.2. The molecule has 4 heteroatoms. The van der Waals surface area contributed by atoms with E-state index in [0.717, 1.165) is 30.4 Å². The van der Waals surface area contributed by atoms with Gasteiger partial charge in [0.25, 0.3) is 0 Å². The second-order valence-electron chi connectivity index (χ2n) is 6.39. The van der Waals surface area contributed by atoms with Crippen molar-refractivity contribution in [1.82, 2.24) is 9.97 Å². The highest BCUT2D eigenvalue weighted by atomic mass is 16.5. The van der Waals surface area contributed by atoms with Crippen LogP contribution in [0.5, 0.6) is 0 Å². The maximum atomic E-state index is 6.09. The van der Waals surface area contributed by atoms with E-state index in [-0.39, 0.29) is 11.2 Å². The summed E-state index contributed by atoms with van der Waals surface area (Å²) in [7, 11) is 0. The van der Waals surface area contributed by atoms with Gasteiger partial charge in [0.1, 0.15) is 11.6 Å². The predicted molar refractivity (Wildman–Crippen MR) is 73.0 cm³/mol. The molecule has 0 bridgehead atoms. The number of anilines is 1. The highest BCUT2D eigenvalue weighted by Crippen LogP contribution is 2.30. The molecule has 100 valence electrons. The highest BCUT2D eigenvalue weighted by molar-refractivity contribution is 5.41. The van der Waals surface area contributed by atoms with Gasteiger partial charge in [-0.2, -0.15) is 0 Å². The van der Waals surface area contributed by atoms with Gasteiger partial charge in [0.05, 0.1) is 11.2 Å². The molecule has 1 aromatic rings. The molecule has 1 aliphatic heterocycles. The lowest BCUT2D eigenvalue weighted by Gasteiger charge is -2.47. The van der Waals surface area contributed by atoms with Crippen LogP contribution in [0.15, 0.2) is 6.07 Å². The molecule has 0 saturated carbocycles. The Bertz CT molecular complexity index is 418. The number of nitrogens with zero attached hydrogens (tertiary/aromatic N) is 3. The van der Waals surface area contributed by atoms with Gasteiger partial charge in [0.2, 0.25) is 0 Å². The molecule has 0 aromatic carbocycles. The van der Waals surface area contributed by atoms with Crippen molar-refractivity contribution in [2.24, 2.45) is 0 Å². The molecule has 2 rings (SSSR count). The van der Waals surface area contributed by atoms with E-state index in [1.165, 1.54) is 0 Å². The monoisotopic (exact) mass is 249 g/mol. The Morgan fingerprint density at radius 3 is 2.11 bits per heavy atom. The fourth-order valence-electron chi connectivity index (χ4n) is 2.81. The first-order valence-corrected chi connectivity index (χ1v) is 6.44. The van der Waals surface area contributed by atoms with Crippen LogP contribution in [0.1, 0.15) is 39.2 Å². The molecule has 1 aliphatic rings. The molecule has 0 aliphatic carbocycles. The molecule has 0 amide bonds. The third kappa shape index (κ3) is 2.99. The molecule has 18 heavy (non-hydrogen) atoms. The fraction of sp³-hybridized carbons (Fsp3) is 0.714. The molecule has 1 aromatic heterocycles. The number of aryl methyl sites for hydroxylation is 2. The lowest BCUT2D eigenvalue weighted by Crippen LogP contribution is -2.57. The summed E-state index contributed by atoms with van der Waals surface area (Å²) in [4.78, 5) is 11.2. The minimum Gasteiger partial charge on any atom is -0.366 e. The smallest absolute Gasteiger partial charge is 0.132 e. The minimum atomic E-state index is -0.158. The third-order valence-corrected chi connectivity index (χ3v) is 2.97. The van der Waals surface area contributed by atoms with Gasteiger partial charge in [0, 0.05) is 24.8 Å². The predicted octanol–water partition coefficient (Wildman–Crippen LogP) is 2.49. The van der Waals surface area contributed by atoms with E-state index < -0.39 is 0 Å². The average molecular weight is 249 g/mol. The van der Waals surface area contributed by atoms with Gasteiger partial charge in [-0.15, -0.1) is 0 Å². The maximum absolute atomic E-state index is 6.09. The van der Waals surface area contributed by atoms with Crippen LogP contribution in [-0.4, -0.2) is 34.3 Å². The van der Waals surface area contributed by atoms with Crippen LogP contribution in [-0.2, 0) is 4.74 Å². The highest BCUT2D eigenvalue weighted by Gasteiger charge is 2.38. The fourth-order valence-corrected chi connectivity index (χ4v) is 2.81. The number of morpholine rings is 1. The van der Waals surface area contributed by atoms with Crippen LogP contribution in [0.3, 0.4) is 0 Å². The van der Waals surface area contributed by atoms with E-state index >= 15 is 0 Å². The summed E-state index contributed by atoms with van der Waals surface area (Å²) in [5.74, 6) is 1.83. The van der Waals surface area contributed by atoms with Gasteiger partial charge in [-0.25, -0.2) is 9.97 Å². The molecular weight excluding hydrogens is 226 g/mol. The molecule has 0 atom stereocenters. The largest absolute Gasteiger partial charge is 0.366 e. The van der Waals surface area contributed by atoms with E-state index in [1.807, 2.05) is 19.9 Å². The summed E-state index contributed by atoms with van der Waals surface area (Å²) in [6.07, 6.45) is 0. The zero-order valence-electron chi connectivity index (χ0n) is 12.2. The first kappa shape index (κ1) is 13.3. The lowest BCUT2D eigenvalue weighted by molar-refractivity contribution is -0.133. The van der Waals surface area contributed by atoms with Gasteiger partial charge < -0.3 is 9.64 Å². The Labute approximate surface area is 109 Å². The van der Waals surface area contributed by atoms with Crippen molar-refractivity contribution in [3.63, 3.8) is 0 Å². The van der Waals surface area contributed by atoms with Crippen molar-refractivity contribution in [2.45, 2.75) is 52.7 Å². The Morgan fingerprint density at radius 2 is 1.61 bits per heavy atom. The summed E-state index contributed by atoms with van der Waals surface area (Å²) < 4.78 is 6.09. The molecule has 0 N–H and O–H groups in total. The third-order valence-electron chi connectivity index (χ3n) is 2.97. The van der Waals surface area contributed by atoms with Crippen molar-refractivity contribution >= 4 is 5.82 Å². The van der Waals surface area contributed by atoms with Crippen LogP contribution in [0.2, 0.25) is 0 Å². The van der Waals surface area contributed by atoms with Gasteiger partial charge in [-0.05, 0) is 41.5 Å². The molecule has 0 unspecified atom stereocenters. The molecule has 1 saturated heterocycles. The summed E-state index contributed by atoms with van der Waals surface area (Å²) in [6.45, 7) is 14.2. The van der Waals surface area contributed by atoms with Gasteiger partial charge in [-0.1, -0.05) is 0 Å². The summed E-state index contributed by atoms with van der Waals surface area (Å²) in [5, 5.41) is 0. The lowest BCUT2D eigenvalue weighted by atomic mass is 9.99. The molecule has 2 heterocycles. The van der Waals surface area contributed by atoms with E-state index in [2.05, 4.69) is 42.6 Å². The van der Waals surface area contributed by atoms with Crippen molar-refractivity contribution in [1.29, 1.82) is 0 Å². The number of ether oxygens (including phenoxy) is 1. The Hall–Kier alpha value is -1.16. The Kier molecular flexibility index (Phi) is 3.09.